The predicted molar refractivity (Wildman–Crippen MR) is 92.8 cm³/mol. The molecule has 1 saturated carbocycles. The van der Waals surface area contributed by atoms with E-state index >= 15 is 0 Å². The second-order valence-corrected chi connectivity index (χ2v) is 7.23. The fourth-order valence-electron chi connectivity index (χ4n) is 3.20. The molecule has 0 aliphatic heterocycles. The molecular formula is C18H22N2O3S. The highest BCUT2D eigenvalue weighted by Crippen LogP contribution is 2.37. The van der Waals surface area contributed by atoms with Gasteiger partial charge in [0.1, 0.15) is 12.3 Å². The molecule has 2 amide bonds. The Bertz CT molecular complexity index is 661. The third-order valence-corrected chi connectivity index (χ3v) is 5.50. The molecule has 0 saturated heterocycles. The van der Waals surface area contributed by atoms with E-state index in [0.29, 0.717) is 11.5 Å². The first-order valence-electron chi connectivity index (χ1n) is 8.32. The molecule has 1 aliphatic carbocycles. The van der Waals surface area contributed by atoms with E-state index in [1.165, 1.54) is 30.2 Å². The molecule has 1 aliphatic rings. The lowest BCUT2D eigenvalue weighted by Gasteiger charge is -2.25. The van der Waals surface area contributed by atoms with Gasteiger partial charge >= 0.3 is 0 Å². The summed E-state index contributed by atoms with van der Waals surface area (Å²) in [5.74, 6) is 0.0152. The SMILES string of the molecule is C[C@@H](NC(=O)c1ccoc1)C(=O)N[C@H](c1cccs1)C1CCCC1. The van der Waals surface area contributed by atoms with Gasteiger partial charge in [0, 0.05) is 4.88 Å². The summed E-state index contributed by atoms with van der Waals surface area (Å²) < 4.78 is 4.90. The predicted octanol–water partition coefficient (Wildman–Crippen LogP) is 3.51. The normalized spacial score (nSPS) is 17.4. The van der Waals surface area contributed by atoms with E-state index in [1.54, 1.807) is 24.3 Å². The number of amides is 2. The van der Waals surface area contributed by atoms with E-state index in [1.807, 2.05) is 11.4 Å². The lowest BCUT2D eigenvalue weighted by Crippen LogP contribution is -2.46. The van der Waals surface area contributed by atoms with Gasteiger partial charge in [0.25, 0.3) is 5.91 Å². The van der Waals surface area contributed by atoms with Gasteiger partial charge in [0.15, 0.2) is 0 Å². The van der Waals surface area contributed by atoms with Crippen molar-refractivity contribution >= 4 is 23.2 Å². The van der Waals surface area contributed by atoms with Crippen LogP contribution < -0.4 is 10.6 Å². The molecule has 3 rings (SSSR count). The highest BCUT2D eigenvalue weighted by molar-refractivity contribution is 7.10. The molecule has 0 bridgehead atoms. The summed E-state index contributed by atoms with van der Waals surface area (Å²) in [6.07, 6.45) is 7.51. The molecule has 0 unspecified atom stereocenters. The van der Waals surface area contributed by atoms with Crippen molar-refractivity contribution in [3.63, 3.8) is 0 Å². The lowest BCUT2D eigenvalue weighted by atomic mass is 9.96. The molecule has 0 aromatic carbocycles. The van der Waals surface area contributed by atoms with Gasteiger partial charge in [-0.15, -0.1) is 11.3 Å². The van der Waals surface area contributed by atoms with Crippen LogP contribution in [-0.2, 0) is 4.79 Å². The molecular weight excluding hydrogens is 324 g/mol. The number of hydrogen-bond acceptors (Lipinski definition) is 4. The summed E-state index contributed by atoms with van der Waals surface area (Å²) in [5, 5.41) is 7.90. The maximum Gasteiger partial charge on any atom is 0.255 e. The smallest absolute Gasteiger partial charge is 0.255 e. The van der Waals surface area contributed by atoms with Gasteiger partial charge < -0.3 is 15.1 Å². The van der Waals surface area contributed by atoms with Crippen molar-refractivity contribution < 1.29 is 14.0 Å². The second-order valence-electron chi connectivity index (χ2n) is 6.25. The number of carbonyl (C=O) groups is 2. The van der Waals surface area contributed by atoms with Gasteiger partial charge in [-0.2, -0.15) is 0 Å². The van der Waals surface area contributed by atoms with Crippen LogP contribution in [0.2, 0.25) is 0 Å². The number of thiophene rings is 1. The summed E-state index contributed by atoms with van der Waals surface area (Å²) in [4.78, 5) is 25.8. The minimum Gasteiger partial charge on any atom is -0.472 e. The van der Waals surface area contributed by atoms with Crippen molar-refractivity contribution in [2.75, 3.05) is 0 Å². The summed E-state index contributed by atoms with van der Waals surface area (Å²) in [6.45, 7) is 1.70. The Hall–Kier alpha value is -2.08. The summed E-state index contributed by atoms with van der Waals surface area (Å²) in [6, 6.07) is 5.10. The van der Waals surface area contributed by atoms with E-state index in [4.69, 9.17) is 4.42 Å². The fourth-order valence-corrected chi connectivity index (χ4v) is 4.07. The molecule has 5 nitrogen and oxygen atoms in total. The Kier molecular flexibility index (Phi) is 5.35. The molecule has 0 radical (unpaired) electrons. The molecule has 2 heterocycles. The Balaban J connectivity index is 1.63. The number of furan rings is 1. The summed E-state index contributed by atoms with van der Waals surface area (Å²) >= 11 is 1.67. The minimum atomic E-state index is -0.601. The van der Waals surface area contributed by atoms with Crippen LogP contribution in [-0.4, -0.2) is 17.9 Å². The van der Waals surface area contributed by atoms with Crippen molar-refractivity contribution in [1.29, 1.82) is 0 Å². The van der Waals surface area contributed by atoms with Crippen LogP contribution in [0.5, 0.6) is 0 Å². The van der Waals surface area contributed by atoms with E-state index in [0.717, 1.165) is 12.8 Å². The maximum atomic E-state index is 12.6. The van der Waals surface area contributed by atoms with Crippen LogP contribution >= 0.6 is 11.3 Å². The lowest BCUT2D eigenvalue weighted by molar-refractivity contribution is -0.123. The molecule has 24 heavy (non-hydrogen) atoms. The second kappa shape index (κ2) is 7.66. The molecule has 2 aromatic heterocycles. The first-order chi connectivity index (χ1) is 11.6. The molecule has 128 valence electrons. The average molecular weight is 346 g/mol. The molecule has 0 spiro atoms. The first-order valence-corrected chi connectivity index (χ1v) is 9.20. The maximum absolute atomic E-state index is 12.6. The fraction of sp³-hybridized carbons (Fsp3) is 0.444. The van der Waals surface area contributed by atoms with Gasteiger partial charge in [-0.1, -0.05) is 18.9 Å². The Morgan fingerprint density at radius 1 is 1.25 bits per heavy atom. The summed E-state index contributed by atoms with van der Waals surface area (Å²) in [5.41, 5.74) is 0.417. The van der Waals surface area contributed by atoms with Crippen LogP contribution in [0.1, 0.15) is 53.9 Å². The van der Waals surface area contributed by atoms with Crippen LogP contribution in [0.25, 0.3) is 0 Å². The van der Waals surface area contributed by atoms with Crippen molar-refractivity contribution in [2.24, 2.45) is 5.92 Å². The van der Waals surface area contributed by atoms with Gasteiger partial charge in [-0.25, -0.2) is 0 Å². The van der Waals surface area contributed by atoms with Crippen molar-refractivity contribution in [1.82, 2.24) is 10.6 Å². The van der Waals surface area contributed by atoms with Crippen molar-refractivity contribution in [2.45, 2.75) is 44.7 Å². The highest BCUT2D eigenvalue weighted by Gasteiger charge is 2.30. The third kappa shape index (κ3) is 3.87. The third-order valence-electron chi connectivity index (χ3n) is 4.54. The van der Waals surface area contributed by atoms with Gasteiger partial charge in [0.2, 0.25) is 5.91 Å². The van der Waals surface area contributed by atoms with Crippen LogP contribution in [0.3, 0.4) is 0 Å². The van der Waals surface area contributed by atoms with Crippen molar-refractivity contribution in [3.8, 4) is 0 Å². The van der Waals surface area contributed by atoms with E-state index in [2.05, 4.69) is 16.7 Å². The molecule has 2 aromatic rings. The zero-order valence-corrected chi connectivity index (χ0v) is 14.5. The van der Waals surface area contributed by atoms with Crippen LogP contribution in [0.15, 0.2) is 40.5 Å². The van der Waals surface area contributed by atoms with Gasteiger partial charge in [-0.3, -0.25) is 9.59 Å². The number of hydrogen-bond donors (Lipinski definition) is 2. The quantitative estimate of drug-likeness (QED) is 0.841. The largest absolute Gasteiger partial charge is 0.472 e. The molecule has 1 fully saturated rings. The van der Waals surface area contributed by atoms with E-state index in [9.17, 15) is 9.59 Å². The van der Waals surface area contributed by atoms with Crippen molar-refractivity contribution in [3.05, 3.63) is 46.5 Å². The van der Waals surface area contributed by atoms with Crippen LogP contribution in [0.4, 0.5) is 0 Å². The standard InChI is InChI=1S/C18H22N2O3S/c1-12(19-18(22)14-8-9-23-11-14)17(21)20-16(13-5-2-3-6-13)15-7-4-10-24-15/h4,7-13,16H,2-3,5-6H2,1H3,(H,19,22)(H,20,21)/t12-,16+/m1/s1. The van der Waals surface area contributed by atoms with E-state index in [-0.39, 0.29) is 17.9 Å². The Morgan fingerprint density at radius 2 is 2.04 bits per heavy atom. The monoisotopic (exact) mass is 346 g/mol. The Morgan fingerprint density at radius 3 is 2.67 bits per heavy atom. The van der Waals surface area contributed by atoms with Gasteiger partial charge in [0.05, 0.1) is 17.9 Å². The van der Waals surface area contributed by atoms with E-state index < -0.39 is 6.04 Å². The number of carbonyl (C=O) groups excluding carboxylic acids is 2. The van der Waals surface area contributed by atoms with Crippen LogP contribution in [0, 0.1) is 5.92 Å². The average Bonchev–Trinajstić information content (AvgIpc) is 3.35. The minimum absolute atomic E-state index is 0.0354. The van der Waals surface area contributed by atoms with Gasteiger partial charge in [-0.05, 0) is 43.2 Å². The summed E-state index contributed by atoms with van der Waals surface area (Å²) in [7, 11) is 0. The number of rotatable bonds is 6. The Labute approximate surface area is 145 Å². The number of nitrogens with one attached hydrogen (secondary N) is 2. The molecule has 6 heteroatoms. The molecule has 2 atom stereocenters. The zero-order valence-electron chi connectivity index (χ0n) is 13.7. The highest BCUT2D eigenvalue weighted by atomic mass is 32.1. The zero-order chi connectivity index (χ0) is 16.9. The topological polar surface area (TPSA) is 71.3 Å². The molecule has 2 N–H and O–H groups in total. The first kappa shape index (κ1) is 16.8.